The summed E-state index contributed by atoms with van der Waals surface area (Å²) in [4.78, 5) is 0. The van der Waals surface area contributed by atoms with Crippen molar-refractivity contribution in [2.45, 2.75) is 38.6 Å². The first-order valence-corrected chi connectivity index (χ1v) is 5.07. The van der Waals surface area contributed by atoms with E-state index in [2.05, 4.69) is 24.9 Å². The Kier molecular flexibility index (Phi) is 3.80. The van der Waals surface area contributed by atoms with Crippen LogP contribution in [0.3, 0.4) is 0 Å². The van der Waals surface area contributed by atoms with Crippen molar-refractivity contribution in [1.82, 2.24) is 5.32 Å². The van der Waals surface area contributed by atoms with Gasteiger partial charge in [0, 0.05) is 6.04 Å². The molecule has 0 aromatic rings. The van der Waals surface area contributed by atoms with Gasteiger partial charge in [-0.05, 0) is 31.7 Å². The lowest BCUT2D eigenvalue weighted by Crippen LogP contribution is -2.33. The molecule has 70 valence electrons. The van der Waals surface area contributed by atoms with E-state index in [0.29, 0.717) is 6.04 Å². The second-order valence-corrected chi connectivity index (χ2v) is 4.07. The van der Waals surface area contributed by atoms with E-state index >= 15 is 0 Å². The number of nitrogens with one attached hydrogen (secondary N) is 1. The van der Waals surface area contributed by atoms with Crippen LogP contribution < -0.4 is 5.32 Å². The van der Waals surface area contributed by atoms with Crippen molar-refractivity contribution in [2.75, 3.05) is 7.05 Å². The number of hydrogen-bond donors (Lipinski definition) is 1. The molecular formula is C11H21N. The second-order valence-electron chi connectivity index (χ2n) is 4.07. The van der Waals surface area contributed by atoms with Crippen LogP contribution in [-0.2, 0) is 0 Å². The molecule has 1 nitrogen and oxygen atoms in total. The van der Waals surface area contributed by atoms with Gasteiger partial charge in [0.2, 0.25) is 0 Å². The monoisotopic (exact) mass is 167 g/mol. The SMILES string of the molecule is C=CC(NC)C1CCC(C)CC1. The Morgan fingerprint density at radius 1 is 1.33 bits per heavy atom. The Morgan fingerprint density at radius 3 is 2.33 bits per heavy atom. The van der Waals surface area contributed by atoms with Gasteiger partial charge in [-0.15, -0.1) is 6.58 Å². The number of rotatable bonds is 3. The molecule has 1 unspecified atom stereocenters. The molecule has 0 bridgehead atoms. The average Bonchev–Trinajstić information content (AvgIpc) is 2.10. The van der Waals surface area contributed by atoms with Crippen LogP contribution in [0.2, 0.25) is 0 Å². The Bertz CT molecular complexity index is 134. The smallest absolute Gasteiger partial charge is 0.0272 e. The molecule has 1 atom stereocenters. The summed E-state index contributed by atoms with van der Waals surface area (Å²) in [7, 11) is 2.03. The Labute approximate surface area is 76.2 Å². The molecule has 1 rings (SSSR count). The van der Waals surface area contributed by atoms with E-state index in [1.165, 1.54) is 25.7 Å². The summed E-state index contributed by atoms with van der Waals surface area (Å²) < 4.78 is 0. The zero-order valence-electron chi connectivity index (χ0n) is 8.34. The van der Waals surface area contributed by atoms with Gasteiger partial charge >= 0.3 is 0 Å². The summed E-state index contributed by atoms with van der Waals surface area (Å²) in [5.74, 6) is 1.78. The fourth-order valence-electron chi connectivity index (χ4n) is 2.19. The molecule has 0 heterocycles. The van der Waals surface area contributed by atoms with Crippen molar-refractivity contribution in [3.8, 4) is 0 Å². The van der Waals surface area contributed by atoms with Crippen molar-refractivity contribution in [2.24, 2.45) is 11.8 Å². The van der Waals surface area contributed by atoms with Gasteiger partial charge in [-0.1, -0.05) is 25.8 Å². The summed E-state index contributed by atoms with van der Waals surface area (Å²) in [5.41, 5.74) is 0. The maximum absolute atomic E-state index is 3.86. The molecule has 1 heteroatoms. The first-order chi connectivity index (χ1) is 5.77. The van der Waals surface area contributed by atoms with Crippen LogP contribution in [0.1, 0.15) is 32.6 Å². The topological polar surface area (TPSA) is 12.0 Å². The number of likely N-dealkylation sites (N-methyl/N-ethyl adjacent to an activating group) is 1. The highest BCUT2D eigenvalue weighted by Crippen LogP contribution is 2.30. The standard InChI is InChI=1S/C11H21N/c1-4-11(12-3)10-7-5-9(2)6-8-10/h4,9-12H,1,5-8H2,2-3H3. The van der Waals surface area contributed by atoms with E-state index in [1.807, 2.05) is 7.05 Å². The van der Waals surface area contributed by atoms with Crippen LogP contribution in [0.15, 0.2) is 12.7 Å². The quantitative estimate of drug-likeness (QED) is 0.637. The van der Waals surface area contributed by atoms with Crippen LogP contribution in [-0.4, -0.2) is 13.1 Å². The maximum atomic E-state index is 3.86. The Balaban J connectivity index is 2.37. The number of hydrogen-bond acceptors (Lipinski definition) is 1. The van der Waals surface area contributed by atoms with Gasteiger partial charge in [0.25, 0.3) is 0 Å². The minimum atomic E-state index is 0.539. The molecule has 0 aromatic heterocycles. The van der Waals surface area contributed by atoms with Gasteiger partial charge in [0.15, 0.2) is 0 Å². The van der Waals surface area contributed by atoms with E-state index in [4.69, 9.17) is 0 Å². The summed E-state index contributed by atoms with van der Waals surface area (Å²) in [6, 6.07) is 0.539. The van der Waals surface area contributed by atoms with Gasteiger partial charge in [-0.2, -0.15) is 0 Å². The lowest BCUT2D eigenvalue weighted by Gasteiger charge is -2.30. The molecule has 1 saturated carbocycles. The first kappa shape index (κ1) is 9.79. The normalized spacial score (nSPS) is 32.8. The molecule has 0 spiro atoms. The van der Waals surface area contributed by atoms with Crippen LogP contribution in [0.5, 0.6) is 0 Å². The van der Waals surface area contributed by atoms with Gasteiger partial charge in [0.1, 0.15) is 0 Å². The second kappa shape index (κ2) is 4.66. The third kappa shape index (κ3) is 2.34. The molecule has 1 N–H and O–H groups in total. The van der Waals surface area contributed by atoms with E-state index in [1.54, 1.807) is 0 Å². The van der Waals surface area contributed by atoms with Crippen LogP contribution >= 0.6 is 0 Å². The lowest BCUT2D eigenvalue weighted by molar-refractivity contribution is 0.258. The highest BCUT2D eigenvalue weighted by molar-refractivity contribution is 4.91. The van der Waals surface area contributed by atoms with Crippen molar-refractivity contribution in [3.05, 3.63) is 12.7 Å². The summed E-state index contributed by atoms with van der Waals surface area (Å²) >= 11 is 0. The zero-order chi connectivity index (χ0) is 8.97. The van der Waals surface area contributed by atoms with Gasteiger partial charge < -0.3 is 5.32 Å². The van der Waals surface area contributed by atoms with Crippen LogP contribution in [0, 0.1) is 11.8 Å². The van der Waals surface area contributed by atoms with E-state index in [0.717, 1.165) is 11.8 Å². The fourth-order valence-corrected chi connectivity index (χ4v) is 2.19. The molecule has 0 aliphatic heterocycles. The molecule has 1 fully saturated rings. The third-order valence-electron chi connectivity index (χ3n) is 3.16. The Hall–Kier alpha value is -0.300. The largest absolute Gasteiger partial charge is 0.313 e. The van der Waals surface area contributed by atoms with Gasteiger partial charge in [-0.25, -0.2) is 0 Å². The average molecular weight is 167 g/mol. The fraction of sp³-hybridized carbons (Fsp3) is 0.818. The van der Waals surface area contributed by atoms with Crippen molar-refractivity contribution >= 4 is 0 Å². The molecule has 0 radical (unpaired) electrons. The first-order valence-electron chi connectivity index (χ1n) is 5.07. The molecule has 12 heavy (non-hydrogen) atoms. The van der Waals surface area contributed by atoms with E-state index < -0.39 is 0 Å². The maximum Gasteiger partial charge on any atom is 0.0272 e. The molecule has 0 saturated heterocycles. The minimum Gasteiger partial charge on any atom is -0.313 e. The van der Waals surface area contributed by atoms with Crippen LogP contribution in [0.4, 0.5) is 0 Å². The Morgan fingerprint density at radius 2 is 1.92 bits per heavy atom. The molecule has 1 aliphatic rings. The highest BCUT2D eigenvalue weighted by atomic mass is 14.9. The van der Waals surface area contributed by atoms with Gasteiger partial charge in [0.05, 0.1) is 0 Å². The van der Waals surface area contributed by atoms with Crippen molar-refractivity contribution < 1.29 is 0 Å². The van der Waals surface area contributed by atoms with Gasteiger partial charge in [-0.3, -0.25) is 0 Å². The molecular weight excluding hydrogens is 146 g/mol. The predicted molar refractivity (Wildman–Crippen MR) is 54.2 cm³/mol. The third-order valence-corrected chi connectivity index (χ3v) is 3.16. The molecule has 1 aliphatic carbocycles. The minimum absolute atomic E-state index is 0.539. The summed E-state index contributed by atoms with van der Waals surface area (Å²) in [6.07, 6.45) is 7.60. The zero-order valence-corrected chi connectivity index (χ0v) is 8.34. The van der Waals surface area contributed by atoms with E-state index in [-0.39, 0.29) is 0 Å². The summed E-state index contributed by atoms with van der Waals surface area (Å²) in [5, 5.41) is 3.32. The highest BCUT2D eigenvalue weighted by Gasteiger charge is 2.22. The van der Waals surface area contributed by atoms with Crippen molar-refractivity contribution in [1.29, 1.82) is 0 Å². The predicted octanol–water partition coefficient (Wildman–Crippen LogP) is 2.59. The van der Waals surface area contributed by atoms with E-state index in [9.17, 15) is 0 Å². The molecule has 0 amide bonds. The summed E-state index contributed by atoms with van der Waals surface area (Å²) in [6.45, 7) is 6.22. The molecule has 0 aromatic carbocycles. The van der Waals surface area contributed by atoms with Crippen LogP contribution in [0.25, 0.3) is 0 Å². The van der Waals surface area contributed by atoms with Crippen molar-refractivity contribution in [3.63, 3.8) is 0 Å². The lowest BCUT2D eigenvalue weighted by atomic mass is 9.79.